The fourth-order valence-corrected chi connectivity index (χ4v) is 2.84. The Balaban J connectivity index is 1.48. The van der Waals surface area contributed by atoms with Gasteiger partial charge in [0, 0.05) is 25.4 Å². The van der Waals surface area contributed by atoms with Crippen LogP contribution < -0.4 is 5.32 Å². The van der Waals surface area contributed by atoms with Gasteiger partial charge < -0.3 is 10.1 Å². The summed E-state index contributed by atoms with van der Waals surface area (Å²) in [4.78, 5) is 16.7. The average molecular weight is 352 g/mol. The number of fused-ring (bicyclic) bond motifs is 1. The van der Waals surface area contributed by atoms with Crippen LogP contribution in [-0.4, -0.2) is 33.7 Å². The Morgan fingerprint density at radius 3 is 2.81 bits per heavy atom. The van der Waals surface area contributed by atoms with Crippen molar-refractivity contribution < 1.29 is 9.53 Å². The lowest BCUT2D eigenvalue weighted by molar-refractivity contribution is 0.0635. The van der Waals surface area contributed by atoms with Crippen molar-refractivity contribution in [3.8, 4) is 0 Å². The Hall–Kier alpha value is -2.73. The lowest BCUT2D eigenvalue weighted by Crippen LogP contribution is -2.27. The number of hydrogen-bond acceptors (Lipinski definition) is 4. The molecule has 6 nitrogen and oxygen atoms in total. The second-order valence-electron chi connectivity index (χ2n) is 6.35. The van der Waals surface area contributed by atoms with Crippen LogP contribution >= 0.6 is 0 Å². The number of nitrogens with one attached hydrogen (secondary N) is 1. The molecule has 2 heterocycles. The van der Waals surface area contributed by atoms with Crippen LogP contribution in [-0.2, 0) is 4.74 Å². The third kappa shape index (κ3) is 4.08. The Labute approximate surface area is 153 Å². The van der Waals surface area contributed by atoms with Crippen molar-refractivity contribution >= 4 is 11.6 Å². The van der Waals surface area contributed by atoms with E-state index in [1.54, 1.807) is 10.7 Å². The van der Waals surface area contributed by atoms with Gasteiger partial charge in [0.1, 0.15) is 0 Å². The number of ether oxygens (including phenoxy) is 1. The maximum Gasteiger partial charge on any atom is 0.254 e. The molecule has 1 unspecified atom stereocenters. The molecule has 0 saturated carbocycles. The Morgan fingerprint density at radius 2 is 2.04 bits per heavy atom. The fraction of sp³-hybridized carbons (Fsp3) is 0.350. The van der Waals surface area contributed by atoms with Gasteiger partial charge in [0.2, 0.25) is 0 Å². The summed E-state index contributed by atoms with van der Waals surface area (Å²) in [7, 11) is 0. The first-order valence-electron chi connectivity index (χ1n) is 8.83. The molecule has 3 aromatic rings. The second kappa shape index (κ2) is 8.10. The fourth-order valence-electron chi connectivity index (χ4n) is 2.84. The molecule has 6 heteroatoms. The number of benzene rings is 1. The molecular formula is C20H24N4O2. The van der Waals surface area contributed by atoms with Gasteiger partial charge in [0.05, 0.1) is 23.1 Å². The van der Waals surface area contributed by atoms with E-state index in [1.807, 2.05) is 45.0 Å². The molecule has 0 aliphatic rings. The summed E-state index contributed by atoms with van der Waals surface area (Å²) in [5.41, 5.74) is 4.11. The van der Waals surface area contributed by atoms with Crippen LogP contribution in [0.3, 0.4) is 0 Å². The number of aromatic nitrogens is 3. The van der Waals surface area contributed by atoms with Gasteiger partial charge in [0.15, 0.2) is 5.65 Å². The van der Waals surface area contributed by atoms with Crippen LogP contribution in [0, 0.1) is 13.8 Å². The summed E-state index contributed by atoms with van der Waals surface area (Å²) in [6.07, 6.45) is 2.40. The highest BCUT2D eigenvalue weighted by molar-refractivity contribution is 5.95. The van der Waals surface area contributed by atoms with E-state index < -0.39 is 0 Å². The molecule has 0 aliphatic carbocycles. The standard InChI is InChI=1S/C20H24N4O2/c1-14-12-19-22-13-18(15(2)24(19)23-14)20(25)21-10-7-11-26-16(3)17-8-5-4-6-9-17/h4-6,8-9,12-13,16H,7,10-11H2,1-3H3,(H,21,25). The third-order valence-corrected chi connectivity index (χ3v) is 4.33. The third-order valence-electron chi connectivity index (χ3n) is 4.33. The van der Waals surface area contributed by atoms with Crippen LogP contribution in [0.4, 0.5) is 0 Å². The number of rotatable bonds is 7. The number of nitrogens with zero attached hydrogens (tertiary/aromatic N) is 3. The summed E-state index contributed by atoms with van der Waals surface area (Å²) in [6.45, 7) is 6.95. The van der Waals surface area contributed by atoms with Crippen LogP contribution in [0.5, 0.6) is 0 Å². The molecule has 2 aromatic heterocycles. The lowest BCUT2D eigenvalue weighted by atomic mass is 10.1. The van der Waals surface area contributed by atoms with E-state index in [0.717, 1.165) is 29.0 Å². The van der Waals surface area contributed by atoms with E-state index in [-0.39, 0.29) is 12.0 Å². The molecule has 1 N–H and O–H groups in total. The van der Waals surface area contributed by atoms with Gasteiger partial charge in [-0.3, -0.25) is 4.79 Å². The van der Waals surface area contributed by atoms with Crippen LogP contribution in [0.2, 0.25) is 0 Å². The monoisotopic (exact) mass is 352 g/mol. The van der Waals surface area contributed by atoms with Gasteiger partial charge in [-0.1, -0.05) is 30.3 Å². The van der Waals surface area contributed by atoms with E-state index in [0.29, 0.717) is 18.7 Å². The first-order chi connectivity index (χ1) is 12.6. The lowest BCUT2D eigenvalue weighted by Gasteiger charge is -2.13. The van der Waals surface area contributed by atoms with E-state index in [2.05, 4.69) is 27.5 Å². The van der Waals surface area contributed by atoms with Crippen molar-refractivity contribution in [3.05, 3.63) is 65.1 Å². The highest BCUT2D eigenvalue weighted by Crippen LogP contribution is 2.16. The zero-order valence-electron chi connectivity index (χ0n) is 15.4. The molecule has 1 aromatic carbocycles. The van der Waals surface area contributed by atoms with Crippen molar-refractivity contribution in [2.75, 3.05) is 13.2 Å². The van der Waals surface area contributed by atoms with Crippen LogP contribution in [0.15, 0.2) is 42.6 Å². The molecule has 0 fully saturated rings. The molecule has 0 saturated heterocycles. The maximum atomic E-state index is 12.4. The molecule has 0 aliphatic heterocycles. The Morgan fingerprint density at radius 1 is 1.27 bits per heavy atom. The maximum absolute atomic E-state index is 12.4. The molecule has 0 bridgehead atoms. The summed E-state index contributed by atoms with van der Waals surface area (Å²) in [5, 5.41) is 7.29. The first kappa shape index (κ1) is 18.1. The smallest absolute Gasteiger partial charge is 0.254 e. The molecular weight excluding hydrogens is 328 g/mol. The largest absolute Gasteiger partial charge is 0.374 e. The zero-order chi connectivity index (χ0) is 18.5. The van der Waals surface area contributed by atoms with Gasteiger partial charge in [-0.25, -0.2) is 9.50 Å². The van der Waals surface area contributed by atoms with Gasteiger partial charge in [-0.2, -0.15) is 5.10 Å². The van der Waals surface area contributed by atoms with E-state index in [4.69, 9.17) is 4.74 Å². The van der Waals surface area contributed by atoms with Crippen molar-refractivity contribution in [2.24, 2.45) is 0 Å². The van der Waals surface area contributed by atoms with Crippen molar-refractivity contribution in [3.63, 3.8) is 0 Å². The molecule has 136 valence electrons. The zero-order valence-corrected chi connectivity index (χ0v) is 15.4. The molecule has 1 amide bonds. The van der Waals surface area contributed by atoms with Gasteiger partial charge in [0.25, 0.3) is 5.91 Å². The predicted molar refractivity (Wildman–Crippen MR) is 100 cm³/mol. The number of carbonyl (C=O) groups excluding carboxylic acids is 1. The molecule has 0 radical (unpaired) electrons. The molecule has 0 spiro atoms. The van der Waals surface area contributed by atoms with Crippen molar-refractivity contribution in [2.45, 2.75) is 33.3 Å². The highest BCUT2D eigenvalue weighted by Gasteiger charge is 2.13. The number of carbonyl (C=O) groups is 1. The first-order valence-corrected chi connectivity index (χ1v) is 8.83. The quantitative estimate of drug-likeness (QED) is 0.663. The molecule has 3 rings (SSSR count). The van der Waals surface area contributed by atoms with Gasteiger partial charge in [-0.15, -0.1) is 0 Å². The van der Waals surface area contributed by atoms with E-state index in [9.17, 15) is 4.79 Å². The highest BCUT2D eigenvalue weighted by atomic mass is 16.5. The normalized spacial score (nSPS) is 12.3. The minimum Gasteiger partial charge on any atom is -0.374 e. The van der Waals surface area contributed by atoms with Crippen LogP contribution in [0.1, 0.15) is 46.8 Å². The van der Waals surface area contributed by atoms with Crippen LogP contribution in [0.25, 0.3) is 5.65 Å². The molecule has 26 heavy (non-hydrogen) atoms. The topological polar surface area (TPSA) is 68.5 Å². The Kier molecular flexibility index (Phi) is 5.63. The Bertz CT molecular complexity index is 889. The summed E-state index contributed by atoms with van der Waals surface area (Å²) < 4.78 is 7.53. The molecule has 1 atom stereocenters. The van der Waals surface area contributed by atoms with Gasteiger partial charge in [-0.05, 0) is 32.8 Å². The van der Waals surface area contributed by atoms with Crippen molar-refractivity contribution in [1.29, 1.82) is 0 Å². The SMILES string of the molecule is Cc1cc2ncc(C(=O)NCCCOC(C)c3ccccc3)c(C)n2n1. The number of hydrogen-bond donors (Lipinski definition) is 1. The van der Waals surface area contributed by atoms with Gasteiger partial charge >= 0.3 is 0 Å². The minimum absolute atomic E-state index is 0.0452. The van der Waals surface area contributed by atoms with Crippen molar-refractivity contribution in [1.82, 2.24) is 19.9 Å². The summed E-state index contributed by atoms with van der Waals surface area (Å²) in [5.74, 6) is -0.138. The van der Waals surface area contributed by atoms with E-state index in [1.165, 1.54) is 0 Å². The second-order valence-corrected chi connectivity index (χ2v) is 6.35. The summed E-state index contributed by atoms with van der Waals surface area (Å²) in [6, 6.07) is 12.0. The number of amides is 1. The number of aryl methyl sites for hydroxylation is 2. The summed E-state index contributed by atoms with van der Waals surface area (Å²) >= 11 is 0. The predicted octanol–water partition coefficient (Wildman–Crippen LogP) is 3.24. The average Bonchev–Trinajstić information content (AvgIpc) is 3.03. The van der Waals surface area contributed by atoms with E-state index >= 15 is 0 Å². The minimum atomic E-state index is -0.138.